The van der Waals surface area contributed by atoms with Crippen LogP contribution in [0.1, 0.15) is 24.7 Å². The van der Waals surface area contributed by atoms with Gasteiger partial charge in [-0.05, 0) is 26.3 Å². The normalized spacial score (nSPS) is 18.9. The van der Waals surface area contributed by atoms with Crippen LogP contribution in [0.3, 0.4) is 0 Å². The maximum Gasteiger partial charge on any atom is 0.228 e. The number of aliphatic hydroxyl groups excluding tert-OH is 1. The van der Waals surface area contributed by atoms with E-state index in [9.17, 15) is 9.90 Å². The molecule has 0 bridgehead atoms. The fraction of sp³-hybridized carbons (Fsp3) is 0.714. The molecule has 1 aliphatic heterocycles. The second-order valence-electron chi connectivity index (χ2n) is 5.52. The number of aromatic nitrogens is 2. The number of hydrogen-bond acceptors (Lipinski definition) is 4. The van der Waals surface area contributed by atoms with E-state index in [-0.39, 0.29) is 18.6 Å². The van der Waals surface area contributed by atoms with Crippen LogP contribution in [0.4, 0.5) is 0 Å². The lowest BCUT2D eigenvalue weighted by molar-refractivity contribution is -0.130. The van der Waals surface area contributed by atoms with Crippen LogP contribution in [0.15, 0.2) is 6.07 Å². The van der Waals surface area contributed by atoms with Gasteiger partial charge in [0, 0.05) is 37.9 Å². The Morgan fingerprint density at radius 2 is 2.25 bits per heavy atom. The van der Waals surface area contributed by atoms with Crippen molar-refractivity contribution in [3.63, 3.8) is 0 Å². The minimum absolute atomic E-state index is 0.134. The first kappa shape index (κ1) is 15.0. The molecule has 2 heterocycles. The summed E-state index contributed by atoms with van der Waals surface area (Å²) in [4.78, 5) is 16.4. The van der Waals surface area contributed by atoms with Crippen LogP contribution < -0.4 is 0 Å². The van der Waals surface area contributed by atoms with Gasteiger partial charge in [-0.25, -0.2) is 0 Å². The van der Waals surface area contributed by atoms with Crippen LogP contribution in [0.5, 0.6) is 0 Å². The maximum absolute atomic E-state index is 12.3. The summed E-state index contributed by atoms with van der Waals surface area (Å²) in [6.07, 6.45) is 1.32. The average molecular weight is 280 g/mol. The highest BCUT2D eigenvalue weighted by Crippen LogP contribution is 2.09. The Morgan fingerprint density at radius 1 is 1.45 bits per heavy atom. The van der Waals surface area contributed by atoms with E-state index in [1.54, 1.807) is 0 Å². The van der Waals surface area contributed by atoms with Gasteiger partial charge < -0.3 is 10.0 Å². The molecule has 1 aromatic heterocycles. The van der Waals surface area contributed by atoms with Crippen LogP contribution in [-0.4, -0.2) is 69.8 Å². The van der Waals surface area contributed by atoms with E-state index in [0.29, 0.717) is 6.42 Å². The van der Waals surface area contributed by atoms with Gasteiger partial charge in [-0.3, -0.25) is 14.8 Å². The van der Waals surface area contributed by atoms with Crippen LogP contribution in [0, 0.1) is 6.92 Å². The molecule has 1 aromatic rings. The summed E-state index contributed by atoms with van der Waals surface area (Å²) in [5.41, 5.74) is 1.78. The van der Waals surface area contributed by atoms with E-state index in [4.69, 9.17) is 0 Å². The summed E-state index contributed by atoms with van der Waals surface area (Å²) < 4.78 is 0. The Hall–Kier alpha value is -1.40. The quantitative estimate of drug-likeness (QED) is 0.825. The van der Waals surface area contributed by atoms with Crippen molar-refractivity contribution in [1.82, 2.24) is 20.0 Å². The highest BCUT2D eigenvalue weighted by molar-refractivity contribution is 5.78. The molecule has 112 valence electrons. The van der Waals surface area contributed by atoms with Crippen LogP contribution >= 0.6 is 0 Å². The Morgan fingerprint density at radius 3 is 2.90 bits per heavy atom. The number of aliphatic hydroxyl groups is 1. The molecule has 0 spiro atoms. The second-order valence-corrected chi connectivity index (χ2v) is 5.52. The molecule has 1 saturated heterocycles. The lowest BCUT2D eigenvalue weighted by Gasteiger charge is -2.26. The van der Waals surface area contributed by atoms with E-state index < -0.39 is 0 Å². The van der Waals surface area contributed by atoms with Crippen molar-refractivity contribution in [3.8, 4) is 0 Å². The zero-order valence-electron chi connectivity index (χ0n) is 12.3. The number of amides is 1. The third-order valence-corrected chi connectivity index (χ3v) is 3.86. The number of carbonyl (C=O) groups excluding carboxylic acids is 1. The molecule has 6 nitrogen and oxygen atoms in total. The van der Waals surface area contributed by atoms with E-state index in [2.05, 4.69) is 15.1 Å². The van der Waals surface area contributed by atoms with Gasteiger partial charge in [0.15, 0.2) is 0 Å². The van der Waals surface area contributed by atoms with E-state index >= 15 is 0 Å². The van der Waals surface area contributed by atoms with Crippen molar-refractivity contribution in [2.24, 2.45) is 0 Å². The van der Waals surface area contributed by atoms with Gasteiger partial charge in [-0.15, -0.1) is 0 Å². The maximum atomic E-state index is 12.3. The van der Waals surface area contributed by atoms with Crippen molar-refractivity contribution in [3.05, 3.63) is 17.5 Å². The molecule has 0 saturated carbocycles. The molecular formula is C14H24N4O2. The molecule has 2 N–H and O–H groups in total. The number of nitrogens with zero attached hydrogens (tertiary/aromatic N) is 3. The Kier molecular flexibility index (Phi) is 5.14. The molecule has 1 unspecified atom stereocenters. The smallest absolute Gasteiger partial charge is 0.228 e. The number of nitrogens with one attached hydrogen (secondary N) is 1. The summed E-state index contributed by atoms with van der Waals surface area (Å²) >= 11 is 0. The summed E-state index contributed by atoms with van der Waals surface area (Å²) in [7, 11) is 0. The minimum atomic E-state index is 0.134. The standard InChI is InChI=1S/C14H24N4O2/c1-11-8-13(16-15-11)9-14(20)18-5-3-4-17(6-7-18)12(2)10-19/h8,12,19H,3-7,9-10H2,1-2H3,(H,15,16). The van der Waals surface area contributed by atoms with Crippen LogP contribution in [0.25, 0.3) is 0 Å². The molecule has 1 aliphatic rings. The number of aryl methyl sites for hydroxylation is 1. The summed E-state index contributed by atoms with van der Waals surface area (Å²) in [6.45, 7) is 7.40. The fourth-order valence-electron chi connectivity index (χ4n) is 2.57. The third-order valence-electron chi connectivity index (χ3n) is 3.86. The third kappa shape index (κ3) is 3.80. The zero-order valence-corrected chi connectivity index (χ0v) is 12.3. The van der Waals surface area contributed by atoms with E-state index in [1.165, 1.54) is 0 Å². The number of H-pyrrole nitrogens is 1. The summed E-state index contributed by atoms with van der Waals surface area (Å²) in [5.74, 6) is 0.134. The molecule has 20 heavy (non-hydrogen) atoms. The van der Waals surface area contributed by atoms with Crippen LogP contribution in [-0.2, 0) is 11.2 Å². The first-order valence-corrected chi connectivity index (χ1v) is 7.23. The Bertz CT molecular complexity index is 446. The first-order chi connectivity index (χ1) is 9.60. The molecule has 1 atom stereocenters. The van der Waals surface area contributed by atoms with Crippen molar-refractivity contribution in [2.45, 2.75) is 32.7 Å². The van der Waals surface area contributed by atoms with Gasteiger partial charge in [0.05, 0.1) is 18.7 Å². The Labute approximate surface area is 119 Å². The highest BCUT2D eigenvalue weighted by Gasteiger charge is 2.22. The Balaban J connectivity index is 1.88. The SMILES string of the molecule is Cc1cc(CC(=O)N2CCCN(C(C)CO)CC2)n[nH]1. The first-order valence-electron chi connectivity index (χ1n) is 7.23. The van der Waals surface area contributed by atoms with Gasteiger partial charge in [0.25, 0.3) is 0 Å². The summed E-state index contributed by atoms with van der Waals surface area (Å²) in [6, 6.07) is 2.08. The molecular weight excluding hydrogens is 256 g/mol. The lowest BCUT2D eigenvalue weighted by Crippen LogP contribution is -2.40. The monoisotopic (exact) mass is 280 g/mol. The van der Waals surface area contributed by atoms with Crippen molar-refractivity contribution < 1.29 is 9.90 Å². The van der Waals surface area contributed by atoms with Gasteiger partial charge in [0.1, 0.15) is 0 Å². The van der Waals surface area contributed by atoms with E-state index in [0.717, 1.165) is 44.0 Å². The van der Waals surface area contributed by atoms with E-state index in [1.807, 2.05) is 24.8 Å². The average Bonchev–Trinajstić information content (AvgIpc) is 2.70. The molecule has 6 heteroatoms. The predicted molar refractivity (Wildman–Crippen MR) is 76.3 cm³/mol. The molecule has 2 rings (SSSR count). The highest BCUT2D eigenvalue weighted by atomic mass is 16.3. The number of carbonyl (C=O) groups is 1. The molecule has 0 aromatic carbocycles. The van der Waals surface area contributed by atoms with Gasteiger partial charge in [-0.2, -0.15) is 5.10 Å². The zero-order chi connectivity index (χ0) is 14.5. The molecule has 1 fully saturated rings. The lowest BCUT2D eigenvalue weighted by atomic mass is 10.2. The van der Waals surface area contributed by atoms with Gasteiger partial charge in [0.2, 0.25) is 5.91 Å². The topological polar surface area (TPSA) is 72.5 Å². The van der Waals surface area contributed by atoms with Crippen molar-refractivity contribution >= 4 is 5.91 Å². The summed E-state index contributed by atoms with van der Waals surface area (Å²) in [5, 5.41) is 16.2. The van der Waals surface area contributed by atoms with Crippen LogP contribution in [0.2, 0.25) is 0 Å². The largest absolute Gasteiger partial charge is 0.395 e. The van der Waals surface area contributed by atoms with Crippen molar-refractivity contribution in [2.75, 3.05) is 32.8 Å². The van der Waals surface area contributed by atoms with Crippen molar-refractivity contribution in [1.29, 1.82) is 0 Å². The predicted octanol–water partition coefficient (Wildman–Crippen LogP) is 0.176. The molecule has 0 radical (unpaired) electrons. The molecule has 1 amide bonds. The second kappa shape index (κ2) is 6.85. The minimum Gasteiger partial charge on any atom is -0.395 e. The number of hydrogen-bond donors (Lipinski definition) is 2. The number of rotatable bonds is 4. The molecule has 0 aliphatic carbocycles. The van der Waals surface area contributed by atoms with Gasteiger partial charge >= 0.3 is 0 Å². The number of aromatic amines is 1. The fourth-order valence-corrected chi connectivity index (χ4v) is 2.57. The van der Waals surface area contributed by atoms with Gasteiger partial charge in [-0.1, -0.05) is 0 Å².